The Balaban J connectivity index is 1.25. The molecule has 2 aromatic carbocycles. The van der Waals surface area contributed by atoms with Crippen LogP contribution in [0.3, 0.4) is 0 Å². The maximum absolute atomic E-state index is 12.8. The SMILES string of the molecule is Cc1ccc(-c2ccc(C(=O)Nc3ccc4c(c3)CCC(CN3CCCC3)=C4)cn2)cc1. The van der Waals surface area contributed by atoms with Crippen molar-refractivity contribution in [3.8, 4) is 11.3 Å². The Hall–Kier alpha value is -3.24. The van der Waals surface area contributed by atoms with Crippen molar-refractivity contribution >= 4 is 17.7 Å². The first-order valence-corrected chi connectivity index (χ1v) is 11.5. The first kappa shape index (κ1) is 20.7. The van der Waals surface area contributed by atoms with Crippen LogP contribution in [0.25, 0.3) is 17.3 Å². The van der Waals surface area contributed by atoms with E-state index in [1.165, 1.54) is 48.2 Å². The Kier molecular flexibility index (Phi) is 5.87. The van der Waals surface area contributed by atoms with Gasteiger partial charge in [0.05, 0.1) is 11.3 Å². The van der Waals surface area contributed by atoms with Crippen LogP contribution in [0, 0.1) is 6.92 Å². The van der Waals surface area contributed by atoms with Crippen molar-refractivity contribution in [3.63, 3.8) is 0 Å². The van der Waals surface area contributed by atoms with Gasteiger partial charge in [-0.05, 0) is 81.1 Å². The van der Waals surface area contributed by atoms with Crippen LogP contribution in [-0.4, -0.2) is 35.4 Å². The molecule has 4 heteroatoms. The Labute approximate surface area is 190 Å². The van der Waals surface area contributed by atoms with E-state index in [4.69, 9.17) is 0 Å². The van der Waals surface area contributed by atoms with Gasteiger partial charge in [-0.2, -0.15) is 0 Å². The molecule has 0 bridgehead atoms. The smallest absolute Gasteiger partial charge is 0.257 e. The summed E-state index contributed by atoms with van der Waals surface area (Å²) in [5.41, 5.74) is 8.65. The van der Waals surface area contributed by atoms with Crippen molar-refractivity contribution in [1.82, 2.24) is 9.88 Å². The van der Waals surface area contributed by atoms with Gasteiger partial charge in [0.2, 0.25) is 0 Å². The first-order valence-electron chi connectivity index (χ1n) is 11.5. The molecule has 1 amide bonds. The van der Waals surface area contributed by atoms with Gasteiger partial charge in [0.1, 0.15) is 0 Å². The average Bonchev–Trinajstić information content (AvgIpc) is 3.33. The fourth-order valence-electron chi connectivity index (χ4n) is 4.61. The van der Waals surface area contributed by atoms with E-state index in [1.54, 1.807) is 6.20 Å². The van der Waals surface area contributed by atoms with Crippen LogP contribution < -0.4 is 5.32 Å². The molecule has 1 aliphatic carbocycles. The highest BCUT2D eigenvalue weighted by molar-refractivity contribution is 6.04. The van der Waals surface area contributed by atoms with Crippen molar-refractivity contribution in [2.24, 2.45) is 0 Å². The zero-order valence-corrected chi connectivity index (χ0v) is 18.6. The summed E-state index contributed by atoms with van der Waals surface area (Å²) in [5, 5.41) is 3.04. The molecule has 0 radical (unpaired) electrons. The highest BCUT2D eigenvalue weighted by Crippen LogP contribution is 2.28. The molecule has 2 aliphatic rings. The Bertz CT molecular complexity index is 1140. The highest BCUT2D eigenvalue weighted by Gasteiger charge is 2.17. The molecule has 1 N–H and O–H groups in total. The quantitative estimate of drug-likeness (QED) is 0.570. The fraction of sp³-hybridized carbons (Fsp3) is 0.286. The van der Waals surface area contributed by atoms with Crippen molar-refractivity contribution < 1.29 is 4.79 Å². The largest absolute Gasteiger partial charge is 0.322 e. The molecule has 1 fully saturated rings. The van der Waals surface area contributed by atoms with Gasteiger partial charge in [-0.15, -0.1) is 0 Å². The number of carbonyl (C=O) groups excluding carboxylic acids is 1. The van der Waals surface area contributed by atoms with Gasteiger partial charge in [-0.25, -0.2) is 0 Å². The Morgan fingerprint density at radius 3 is 2.56 bits per heavy atom. The molecule has 0 spiro atoms. The van der Waals surface area contributed by atoms with Crippen LogP contribution in [0.1, 0.15) is 46.3 Å². The van der Waals surface area contributed by atoms with Crippen molar-refractivity contribution in [1.29, 1.82) is 0 Å². The van der Waals surface area contributed by atoms with E-state index in [2.05, 4.69) is 64.6 Å². The number of aromatic nitrogens is 1. The highest BCUT2D eigenvalue weighted by atomic mass is 16.1. The zero-order chi connectivity index (χ0) is 21.9. The Morgan fingerprint density at radius 2 is 1.81 bits per heavy atom. The molecule has 32 heavy (non-hydrogen) atoms. The van der Waals surface area contributed by atoms with Gasteiger partial charge in [-0.1, -0.05) is 47.5 Å². The van der Waals surface area contributed by atoms with Crippen LogP contribution in [0.4, 0.5) is 5.69 Å². The molecule has 0 saturated carbocycles. The van der Waals surface area contributed by atoms with E-state index < -0.39 is 0 Å². The summed E-state index contributed by atoms with van der Waals surface area (Å²) in [6, 6.07) is 18.2. The number of hydrogen-bond acceptors (Lipinski definition) is 3. The molecule has 3 aromatic rings. The molecule has 1 aromatic heterocycles. The van der Waals surface area contributed by atoms with Crippen LogP contribution in [0.5, 0.6) is 0 Å². The lowest BCUT2D eigenvalue weighted by Crippen LogP contribution is -2.23. The van der Waals surface area contributed by atoms with Crippen molar-refractivity contribution in [2.45, 2.75) is 32.6 Å². The second-order valence-corrected chi connectivity index (χ2v) is 8.95. The van der Waals surface area contributed by atoms with Gasteiger partial charge in [0.15, 0.2) is 0 Å². The molecule has 4 nitrogen and oxygen atoms in total. The van der Waals surface area contributed by atoms with E-state index in [0.29, 0.717) is 5.56 Å². The molecule has 1 saturated heterocycles. The summed E-state index contributed by atoms with van der Waals surface area (Å²) in [7, 11) is 0. The standard InChI is InChI=1S/C28H29N3O/c1-20-4-7-22(8-5-20)27-13-11-25(18-29-27)28(32)30-26-12-10-23-16-21(6-9-24(23)17-26)19-31-14-2-3-15-31/h4-5,7-8,10-13,16-18H,2-3,6,9,14-15,19H2,1H3,(H,30,32). The van der Waals surface area contributed by atoms with Gasteiger partial charge < -0.3 is 5.32 Å². The lowest BCUT2D eigenvalue weighted by molar-refractivity contribution is 0.102. The summed E-state index contributed by atoms with van der Waals surface area (Å²) in [4.78, 5) is 19.8. The van der Waals surface area contributed by atoms with Crippen molar-refractivity contribution in [3.05, 3.63) is 88.6 Å². The molecule has 0 unspecified atom stereocenters. The van der Waals surface area contributed by atoms with Crippen molar-refractivity contribution in [2.75, 3.05) is 25.0 Å². The molecular weight excluding hydrogens is 394 g/mol. The second kappa shape index (κ2) is 9.09. The molecule has 162 valence electrons. The predicted octanol–water partition coefficient (Wildman–Crippen LogP) is 5.73. The lowest BCUT2D eigenvalue weighted by atomic mass is 9.91. The summed E-state index contributed by atoms with van der Waals surface area (Å²) in [5.74, 6) is -0.131. The summed E-state index contributed by atoms with van der Waals surface area (Å²) in [6.07, 6.45) is 8.79. The number of anilines is 1. The number of amides is 1. The van der Waals surface area contributed by atoms with E-state index in [0.717, 1.165) is 36.3 Å². The summed E-state index contributed by atoms with van der Waals surface area (Å²) in [6.45, 7) is 5.63. The second-order valence-electron chi connectivity index (χ2n) is 8.95. The number of fused-ring (bicyclic) bond motifs is 1. The third kappa shape index (κ3) is 4.66. The van der Waals surface area contributed by atoms with Crippen LogP contribution in [0.2, 0.25) is 0 Å². The third-order valence-corrected chi connectivity index (χ3v) is 6.47. The molecule has 1 aliphatic heterocycles. The van der Waals surface area contributed by atoms with Gasteiger partial charge in [0.25, 0.3) is 5.91 Å². The zero-order valence-electron chi connectivity index (χ0n) is 18.6. The molecule has 2 heterocycles. The lowest BCUT2D eigenvalue weighted by Gasteiger charge is -2.22. The maximum atomic E-state index is 12.8. The number of carbonyl (C=O) groups is 1. The third-order valence-electron chi connectivity index (χ3n) is 6.47. The van der Waals surface area contributed by atoms with E-state index in [1.807, 2.05) is 18.2 Å². The average molecular weight is 424 g/mol. The molecule has 5 rings (SSSR count). The number of pyridine rings is 1. The fourth-order valence-corrected chi connectivity index (χ4v) is 4.61. The number of nitrogens with one attached hydrogen (secondary N) is 1. The summed E-state index contributed by atoms with van der Waals surface area (Å²) >= 11 is 0. The van der Waals surface area contributed by atoms with Gasteiger partial charge >= 0.3 is 0 Å². The number of aryl methyl sites for hydroxylation is 2. The maximum Gasteiger partial charge on any atom is 0.257 e. The number of nitrogens with zero attached hydrogens (tertiary/aromatic N) is 2. The van der Waals surface area contributed by atoms with Gasteiger partial charge in [-0.3, -0.25) is 14.7 Å². The number of likely N-dealkylation sites (tertiary alicyclic amines) is 1. The summed E-state index contributed by atoms with van der Waals surface area (Å²) < 4.78 is 0. The number of hydrogen-bond donors (Lipinski definition) is 1. The van der Waals surface area contributed by atoms with E-state index in [9.17, 15) is 4.79 Å². The van der Waals surface area contributed by atoms with Crippen LogP contribution in [0.15, 0.2) is 66.4 Å². The van der Waals surface area contributed by atoms with Gasteiger partial charge in [0, 0.05) is 24.0 Å². The topological polar surface area (TPSA) is 45.2 Å². The van der Waals surface area contributed by atoms with E-state index >= 15 is 0 Å². The normalized spacial score (nSPS) is 15.8. The predicted molar refractivity (Wildman–Crippen MR) is 131 cm³/mol. The van der Waals surface area contributed by atoms with Crippen LogP contribution in [-0.2, 0) is 6.42 Å². The van der Waals surface area contributed by atoms with E-state index in [-0.39, 0.29) is 5.91 Å². The minimum atomic E-state index is -0.131. The number of benzene rings is 2. The number of rotatable bonds is 5. The minimum Gasteiger partial charge on any atom is -0.322 e. The first-order chi connectivity index (χ1) is 15.6. The molecule has 0 atom stereocenters. The minimum absolute atomic E-state index is 0.131. The monoisotopic (exact) mass is 423 g/mol. The van der Waals surface area contributed by atoms with Crippen LogP contribution >= 0.6 is 0 Å². The molecular formula is C28H29N3O. The Morgan fingerprint density at radius 1 is 1.00 bits per heavy atom.